The first kappa shape index (κ1) is 15.1. The first-order valence-corrected chi connectivity index (χ1v) is 6.68. The molecule has 4 heteroatoms. The smallest absolute Gasteiger partial charge is 0.437 e. The molecular formula is C17H18O4. The predicted molar refractivity (Wildman–Crippen MR) is 79.3 cm³/mol. The maximum absolute atomic E-state index is 11.0. The topological polar surface area (TPSA) is 55.8 Å². The van der Waals surface area contributed by atoms with Crippen LogP contribution in [-0.4, -0.2) is 18.4 Å². The van der Waals surface area contributed by atoms with Crippen LogP contribution >= 0.6 is 0 Å². The molecule has 21 heavy (non-hydrogen) atoms. The number of hydrogen-bond acceptors (Lipinski definition) is 4. The number of hydrogen-bond donors (Lipinski definition) is 1. The second-order valence-corrected chi connectivity index (χ2v) is 4.83. The molecule has 4 nitrogen and oxygen atoms in total. The minimum atomic E-state index is -0.748. The predicted octanol–water partition coefficient (Wildman–Crippen LogP) is 3.42. The van der Waals surface area contributed by atoms with E-state index in [2.05, 4.69) is 4.74 Å². The minimum Gasteiger partial charge on any atom is -0.437 e. The van der Waals surface area contributed by atoms with Gasteiger partial charge in [-0.3, -0.25) is 0 Å². The number of aliphatic hydroxyl groups excluding tert-OH is 1. The fourth-order valence-corrected chi connectivity index (χ4v) is 1.96. The van der Waals surface area contributed by atoms with Crippen LogP contribution in [0.5, 0.6) is 5.75 Å². The molecule has 0 saturated heterocycles. The van der Waals surface area contributed by atoms with E-state index in [1.807, 2.05) is 43.3 Å². The van der Waals surface area contributed by atoms with E-state index in [4.69, 9.17) is 4.74 Å². The summed E-state index contributed by atoms with van der Waals surface area (Å²) in [7, 11) is 1.26. The summed E-state index contributed by atoms with van der Waals surface area (Å²) in [6.45, 7) is 2.01. The average Bonchev–Trinajstić information content (AvgIpc) is 2.49. The van der Waals surface area contributed by atoms with Crippen LogP contribution in [0, 0.1) is 6.92 Å². The van der Waals surface area contributed by atoms with Gasteiger partial charge in [-0.25, -0.2) is 4.79 Å². The van der Waals surface area contributed by atoms with Gasteiger partial charge in [-0.05, 0) is 30.2 Å². The van der Waals surface area contributed by atoms with Crippen molar-refractivity contribution in [3.05, 3.63) is 65.2 Å². The lowest BCUT2D eigenvalue weighted by Gasteiger charge is -2.12. The number of rotatable bonds is 4. The molecule has 110 valence electrons. The molecule has 1 atom stereocenters. The molecule has 2 aromatic carbocycles. The number of carbonyl (C=O) groups is 1. The Bertz CT molecular complexity index is 587. The molecule has 0 aromatic heterocycles. The fraction of sp³-hybridized carbons (Fsp3) is 0.235. The van der Waals surface area contributed by atoms with Crippen molar-refractivity contribution in [1.29, 1.82) is 0 Å². The standard InChI is InChI=1S/C17H18O4/c1-12-3-7-14(8-4-12)16(18)11-13-5-9-15(10-6-13)21-17(19)20-2/h3-10,16,18H,11H2,1-2H3. The zero-order valence-corrected chi connectivity index (χ0v) is 12.1. The highest BCUT2D eigenvalue weighted by molar-refractivity contribution is 5.63. The lowest BCUT2D eigenvalue weighted by Crippen LogP contribution is -2.07. The maximum atomic E-state index is 11.0. The van der Waals surface area contributed by atoms with Crippen molar-refractivity contribution in [1.82, 2.24) is 0 Å². The lowest BCUT2D eigenvalue weighted by atomic mass is 10.0. The number of carbonyl (C=O) groups excluding carboxylic acids is 1. The van der Waals surface area contributed by atoms with Crippen LogP contribution in [0.1, 0.15) is 22.8 Å². The molecule has 0 aliphatic carbocycles. The lowest BCUT2D eigenvalue weighted by molar-refractivity contribution is 0.121. The Morgan fingerprint density at radius 1 is 1.10 bits per heavy atom. The Labute approximate surface area is 123 Å². The van der Waals surface area contributed by atoms with E-state index >= 15 is 0 Å². The molecule has 0 aliphatic rings. The Hall–Kier alpha value is -2.33. The van der Waals surface area contributed by atoms with Crippen molar-refractivity contribution in [2.24, 2.45) is 0 Å². The first-order valence-electron chi connectivity index (χ1n) is 6.68. The van der Waals surface area contributed by atoms with Crippen LogP contribution in [0.2, 0.25) is 0 Å². The van der Waals surface area contributed by atoms with E-state index in [1.165, 1.54) is 7.11 Å². The van der Waals surface area contributed by atoms with Crippen molar-refractivity contribution in [2.75, 3.05) is 7.11 Å². The number of aliphatic hydroxyl groups is 1. The molecule has 0 heterocycles. The molecule has 0 amide bonds. The summed E-state index contributed by atoms with van der Waals surface area (Å²) in [5.41, 5.74) is 3.01. The molecule has 0 aliphatic heterocycles. The summed E-state index contributed by atoms with van der Waals surface area (Å²) in [6, 6.07) is 14.8. The zero-order valence-electron chi connectivity index (χ0n) is 12.1. The summed E-state index contributed by atoms with van der Waals surface area (Å²) >= 11 is 0. The van der Waals surface area contributed by atoms with E-state index in [-0.39, 0.29) is 0 Å². The first-order chi connectivity index (χ1) is 10.1. The summed E-state index contributed by atoms with van der Waals surface area (Å²) in [4.78, 5) is 11.0. The van der Waals surface area contributed by atoms with Gasteiger partial charge in [-0.1, -0.05) is 42.0 Å². The third-order valence-corrected chi connectivity index (χ3v) is 3.18. The molecule has 0 saturated carbocycles. The van der Waals surface area contributed by atoms with Gasteiger partial charge in [0.2, 0.25) is 0 Å². The molecule has 0 spiro atoms. The monoisotopic (exact) mass is 286 g/mol. The summed E-state index contributed by atoms with van der Waals surface area (Å²) in [5.74, 6) is 0.412. The Kier molecular flexibility index (Phi) is 4.95. The Morgan fingerprint density at radius 3 is 2.29 bits per heavy atom. The number of benzene rings is 2. The average molecular weight is 286 g/mol. The van der Waals surface area contributed by atoms with E-state index < -0.39 is 12.3 Å². The van der Waals surface area contributed by atoms with Crippen LogP contribution in [0.3, 0.4) is 0 Å². The van der Waals surface area contributed by atoms with Crippen LogP contribution in [-0.2, 0) is 11.2 Å². The molecule has 0 fully saturated rings. The Balaban J connectivity index is 1.99. The van der Waals surface area contributed by atoms with Gasteiger partial charge in [0.25, 0.3) is 0 Å². The second kappa shape index (κ2) is 6.90. The van der Waals surface area contributed by atoms with E-state index in [0.29, 0.717) is 12.2 Å². The Morgan fingerprint density at radius 2 is 1.71 bits per heavy atom. The van der Waals surface area contributed by atoms with Gasteiger partial charge in [0, 0.05) is 6.42 Å². The number of ether oxygens (including phenoxy) is 2. The number of aryl methyl sites for hydroxylation is 1. The molecular weight excluding hydrogens is 268 g/mol. The third-order valence-electron chi connectivity index (χ3n) is 3.18. The summed E-state index contributed by atoms with van der Waals surface area (Å²) in [6.07, 6.45) is -0.804. The van der Waals surface area contributed by atoms with E-state index in [9.17, 15) is 9.90 Å². The van der Waals surface area contributed by atoms with Crippen molar-refractivity contribution >= 4 is 6.16 Å². The van der Waals surface area contributed by atoms with Crippen molar-refractivity contribution in [3.63, 3.8) is 0 Å². The molecule has 0 radical (unpaired) electrons. The molecule has 1 N–H and O–H groups in total. The molecule has 2 rings (SSSR count). The highest BCUT2D eigenvalue weighted by Gasteiger charge is 2.09. The van der Waals surface area contributed by atoms with E-state index in [1.54, 1.807) is 12.1 Å². The quantitative estimate of drug-likeness (QED) is 0.691. The minimum absolute atomic E-state index is 0.412. The highest BCUT2D eigenvalue weighted by atomic mass is 16.7. The molecule has 2 aromatic rings. The molecule has 0 bridgehead atoms. The highest BCUT2D eigenvalue weighted by Crippen LogP contribution is 2.20. The van der Waals surface area contributed by atoms with Crippen LogP contribution in [0.25, 0.3) is 0 Å². The summed E-state index contributed by atoms with van der Waals surface area (Å²) < 4.78 is 9.31. The van der Waals surface area contributed by atoms with Gasteiger partial charge in [0.15, 0.2) is 0 Å². The van der Waals surface area contributed by atoms with Gasteiger partial charge >= 0.3 is 6.16 Å². The normalized spacial score (nSPS) is 11.8. The second-order valence-electron chi connectivity index (χ2n) is 4.83. The van der Waals surface area contributed by atoms with Crippen LogP contribution in [0.15, 0.2) is 48.5 Å². The van der Waals surface area contributed by atoms with Crippen molar-refractivity contribution in [2.45, 2.75) is 19.4 Å². The maximum Gasteiger partial charge on any atom is 0.513 e. The van der Waals surface area contributed by atoms with Gasteiger partial charge < -0.3 is 14.6 Å². The van der Waals surface area contributed by atoms with Crippen LogP contribution < -0.4 is 4.74 Å². The molecule has 1 unspecified atom stereocenters. The third kappa shape index (κ3) is 4.33. The van der Waals surface area contributed by atoms with Gasteiger partial charge in [-0.2, -0.15) is 0 Å². The fourth-order valence-electron chi connectivity index (χ4n) is 1.96. The van der Waals surface area contributed by atoms with Crippen LogP contribution in [0.4, 0.5) is 4.79 Å². The van der Waals surface area contributed by atoms with Gasteiger partial charge in [-0.15, -0.1) is 0 Å². The van der Waals surface area contributed by atoms with Crippen molar-refractivity contribution in [3.8, 4) is 5.75 Å². The SMILES string of the molecule is COC(=O)Oc1ccc(CC(O)c2ccc(C)cc2)cc1. The van der Waals surface area contributed by atoms with Crippen molar-refractivity contribution < 1.29 is 19.4 Å². The zero-order chi connectivity index (χ0) is 15.2. The number of methoxy groups -OCH3 is 1. The summed E-state index contributed by atoms with van der Waals surface area (Å²) in [5, 5.41) is 10.2. The van der Waals surface area contributed by atoms with Gasteiger partial charge in [0.1, 0.15) is 5.75 Å². The largest absolute Gasteiger partial charge is 0.513 e. The van der Waals surface area contributed by atoms with E-state index in [0.717, 1.165) is 16.7 Å². The van der Waals surface area contributed by atoms with Gasteiger partial charge in [0.05, 0.1) is 13.2 Å².